The number of halogens is 1. The first-order valence-corrected chi connectivity index (χ1v) is 8.73. The number of furan rings is 1. The molecule has 0 aliphatic carbocycles. The van der Waals surface area contributed by atoms with Crippen LogP contribution in [0.4, 0.5) is 4.39 Å². The highest BCUT2D eigenvalue weighted by atomic mass is 19.1. The molecule has 1 aliphatic heterocycles. The minimum atomic E-state index is -0.211. The lowest BCUT2D eigenvalue weighted by molar-refractivity contribution is 0.0943. The molecule has 3 aromatic rings. The number of aryl methyl sites for hydroxylation is 2. The zero-order chi connectivity index (χ0) is 18.1. The highest BCUT2D eigenvalue weighted by Crippen LogP contribution is 2.29. The average molecular weight is 353 g/mol. The van der Waals surface area contributed by atoms with E-state index in [-0.39, 0.29) is 11.7 Å². The fraction of sp³-hybridized carbons (Fsp3) is 0.300. The van der Waals surface area contributed by atoms with Crippen LogP contribution in [0.25, 0.3) is 0 Å². The second kappa shape index (κ2) is 6.78. The van der Waals surface area contributed by atoms with E-state index < -0.39 is 0 Å². The lowest BCUT2D eigenvalue weighted by atomic mass is 9.90. The van der Waals surface area contributed by atoms with Gasteiger partial charge in [0, 0.05) is 25.1 Å². The molecule has 0 radical (unpaired) electrons. The van der Waals surface area contributed by atoms with E-state index in [4.69, 9.17) is 4.42 Å². The zero-order valence-corrected chi connectivity index (χ0v) is 14.5. The van der Waals surface area contributed by atoms with Crippen molar-refractivity contribution in [2.75, 3.05) is 0 Å². The van der Waals surface area contributed by atoms with Crippen LogP contribution in [0.3, 0.4) is 0 Å². The maximum atomic E-state index is 13.5. The first kappa shape index (κ1) is 16.6. The van der Waals surface area contributed by atoms with Gasteiger partial charge in [-0.15, -0.1) is 0 Å². The van der Waals surface area contributed by atoms with Crippen LogP contribution >= 0.6 is 0 Å². The predicted octanol–water partition coefficient (Wildman–Crippen LogP) is 3.58. The Morgan fingerprint density at radius 2 is 2.31 bits per heavy atom. The summed E-state index contributed by atoms with van der Waals surface area (Å²) in [5, 5.41) is 2.82. The van der Waals surface area contributed by atoms with Crippen LogP contribution in [0.2, 0.25) is 0 Å². The van der Waals surface area contributed by atoms with Gasteiger partial charge in [0.1, 0.15) is 23.1 Å². The average Bonchev–Trinajstić information content (AvgIpc) is 3.30. The second-order valence-corrected chi connectivity index (χ2v) is 6.70. The molecule has 1 aliphatic rings. The summed E-state index contributed by atoms with van der Waals surface area (Å²) < 4.78 is 20.8. The van der Waals surface area contributed by atoms with Crippen molar-refractivity contribution in [2.24, 2.45) is 0 Å². The van der Waals surface area contributed by atoms with Crippen LogP contribution in [0.1, 0.15) is 45.5 Å². The molecule has 0 saturated heterocycles. The Hall–Kier alpha value is -2.89. The molecular weight excluding hydrogens is 333 g/mol. The zero-order valence-electron chi connectivity index (χ0n) is 14.5. The highest BCUT2D eigenvalue weighted by Gasteiger charge is 2.23. The van der Waals surface area contributed by atoms with Gasteiger partial charge in [0.25, 0.3) is 5.91 Å². The van der Waals surface area contributed by atoms with Crippen LogP contribution in [0.15, 0.2) is 47.2 Å². The molecule has 1 aromatic carbocycles. The van der Waals surface area contributed by atoms with E-state index >= 15 is 0 Å². The number of aromatic nitrogens is 2. The minimum absolute atomic E-state index is 0.177. The number of amides is 1. The van der Waals surface area contributed by atoms with Crippen molar-refractivity contribution in [1.29, 1.82) is 0 Å². The molecule has 1 atom stereocenters. The van der Waals surface area contributed by atoms with Crippen molar-refractivity contribution < 1.29 is 13.6 Å². The van der Waals surface area contributed by atoms with Crippen molar-refractivity contribution in [3.63, 3.8) is 0 Å². The van der Waals surface area contributed by atoms with Gasteiger partial charge in [-0.25, -0.2) is 9.37 Å². The fourth-order valence-corrected chi connectivity index (χ4v) is 3.42. The SMILES string of the molecule is Cc1cc(C2CCc3nc(C(=O)NCc4ccco4)cn3C2)ccc1F. The fourth-order valence-electron chi connectivity index (χ4n) is 3.42. The van der Waals surface area contributed by atoms with E-state index in [1.165, 1.54) is 6.07 Å². The molecular formula is C20H20FN3O2. The molecule has 2 aromatic heterocycles. The molecule has 0 saturated carbocycles. The molecule has 5 nitrogen and oxygen atoms in total. The van der Waals surface area contributed by atoms with Gasteiger partial charge in [-0.2, -0.15) is 0 Å². The number of benzene rings is 1. The number of nitrogens with one attached hydrogen (secondary N) is 1. The van der Waals surface area contributed by atoms with Gasteiger partial charge in [0.2, 0.25) is 0 Å². The summed E-state index contributed by atoms with van der Waals surface area (Å²) in [4.78, 5) is 16.8. The summed E-state index contributed by atoms with van der Waals surface area (Å²) >= 11 is 0. The molecule has 6 heteroatoms. The van der Waals surface area contributed by atoms with Gasteiger partial charge in [-0.05, 0) is 42.7 Å². The molecule has 0 spiro atoms. The number of rotatable bonds is 4. The van der Waals surface area contributed by atoms with Gasteiger partial charge >= 0.3 is 0 Å². The van der Waals surface area contributed by atoms with Crippen LogP contribution in [0.5, 0.6) is 0 Å². The molecule has 4 rings (SSSR count). The van der Waals surface area contributed by atoms with E-state index in [0.717, 1.165) is 30.8 Å². The van der Waals surface area contributed by atoms with Gasteiger partial charge in [0.15, 0.2) is 0 Å². The van der Waals surface area contributed by atoms with Crippen LogP contribution < -0.4 is 5.32 Å². The smallest absolute Gasteiger partial charge is 0.271 e. The third-order valence-electron chi connectivity index (χ3n) is 4.88. The number of carbonyl (C=O) groups is 1. The van der Waals surface area contributed by atoms with E-state index in [0.29, 0.717) is 29.5 Å². The van der Waals surface area contributed by atoms with E-state index in [9.17, 15) is 9.18 Å². The number of hydrogen-bond donors (Lipinski definition) is 1. The van der Waals surface area contributed by atoms with E-state index in [1.54, 1.807) is 25.5 Å². The van der Waals surface area contributed by atoms with E-state index in [2.05, 4.69) is 10.3 Å². The second-order valence-electron chi connectivity index (χ2n) is 6.70. The van der Waals surface area contributed by atoms with Gasteiger partial charge < -0.3 is 14.3 Å². The predicted molar refractivity (Wildman–Crippen MR) is 94.3 cm³/mol. The molecule has 1 N–H and O–H groups in total. The minimum Gasteiger partial charge on any atom is -0.467 e. The molecule has 1 unspecified atom stereocenters. The third-order valence-corrected chi connectivity index (χ3v) is 4.88. The third kappa shape index (κ3) is 3.27. The van der Waals surface area contributed by atoms with Crippen molar-refractivity contribution in [3.8, 4) is 0 Å². The number of hydrogen-bond acceptors (Lipinski definition) is 3. The normalized spacial score (nSPS) is 16.3. The molecule has 0 fully saturated rings. The Morgan fingerprint density at radius 3 is 3.08 bits per heavy atom. The molecule has 3 heterocycles. The Labute approximate surface area is 150 Å². The number of nitrogens with zero attached hydrogens (tertiary/aromatic N) is 2. The summed E-state index contributed by atoms with van der Waals surface area (Å²) in [6.07, 6.45) is 5.12. The van der Waals surface area contributed by atoms with Gasteiger partial charge in [0.05, 0.1) is 12.8 Å². The largest absolute Gasteiger partial charge is 0.467 e. The lowest BCUT2D eigenvalue weighted by Gasteiger charge is -2.24. The number of carbonyl (C=O) groups excluding carboxylic acids is 1. The topological polar surface area (TPSA) is 60.1 Å². The summed E-state index contributed by atoms with van der Waals surface area (Å²) in [5.41, 5.74) is 2.21. The number of imidazole rings is 1. The monoisotopic (exact) mass is 353 g/mol. The Balaban J connectivity index is 1.46. The van der Waals surface area contributed by atoms with Gasteiger partial charge in [-0.1, -0.05) is 12.1 Å². The molecule has 26 heavy (non-hydrogen) atoms. The summed E-state index contributed by atoms with van der Waals surface area (Å²) in [6.45, 7) is 2.87. The van der Waals surface area contributed by atoms with Crippen LogP contribution in [-0.2, 0) is 19.5 Å². The molecule has 1 amide bonds. The molecule has 134 valence electrons. The summed E-state index contributed by atoms with van der Waals surface area (Å²) in [5.74, 6) is 1.54. The molecule has 0 bridgehead atoms. The lowest BCUT2D eigenvalue weighted by Crippen LogP contribution is -2.22. The summed E-state index contributed by atoms with van der Waals surface area (Å²) in [7, 11) is 0. The Bertz CT molecular complexity index is 931. The quantitative estimate of drug-likeness (QED) is 0.780. The first-order chi connectivity index (χ1) is 12.6. The first-order valence-electron chi connectivity index (χ1n) is 8.73. The van der Waals surface area contributed by atoms with E-state index in [1.807, 2.05) is 22.8 Å². The summed E-state index contributed by atoms with van der Waals surface area (Å²) in [6, 6.07) is 8.90. The maximum Gasteiger partial charge on any atom is 0.271 e. The van der Waals surface area contributed by atoms with Gasteiger partial charge in [-0.3, -0.25) is 4.79 Å². The Morgan fingerprint density at radius 1 is 1.42 bits per heavy atom. The number of fused-ring (bicyclic) bond motifs is 1. The maximum absolute atomic E-state index is 13.5. The van der Waals surface area contributed by atoms with Crippen LogP contribution in [0, 0.1) is 12.7 Å². The highest BCUT2D eigenvalue weighted by molar-refractivity contribution is 5.92. The van der Waals surface area contributed by atoms with Crippen molar-refractivity contribution in [1.82, 2.24) is 14.9 Å². The van der Waals surface area contributed by atoms with Crippen molar-refractivity contribution >= 4 is 5.91 Å². The van der Waals surface area contributed by atoms with Crippen LogP contribution in [-0.4, -0.2) is 15.5 Å². The Kier molecular flexibility index (Phi) is 4.32. The van der Waals surface area contributed by atoms with Crippen molar-refractivity contribution in [2.45, 2.75) is 38.8 Å². The standard InChI is InChI=1S/C20H20FN3O2/c1-13-9-14(4-6-17(13)21)15-5-7-19-23-18(12-24(19)11-15)20(25)22-10-16-3-2-8-26-16/h2-4,6,8-9,12,15H,5,7,10-11H2,1H3,(H,22,25). The van der Waals surface area contributed by atoms with Crippen molar-refractivity contribution in [3.05, 3.63) is 77.0 Å².